The standard InChI is InChI=1S/C11H17N/c1-4-5-6-7-8-9-10-11-12(2)3/h4-5,10-11H2,1-3H3. The van der Waals surface area contributed by atoms with Crippen LogP contribution in [0.15, 0.2) is 0 Å². The van der Waals surface area contributed by atoms with Crippen LogP contribution < -0.4 is 0 Å². The van der Waals surface area contributed by atoms with Gasteiger partial charge in [-0.1, -0.05) is 18.8 Å². The molecule has 0 radical (unpaired) electrons. The van der Waals surface area contributed by atoms with E-state index < -0.39 is 0 Å². The zero-order chi connectivity index (χ0) is 9.23. The van der Waals surface area contributed by atoms with E-state index in [0.29, 0.717) is 0 Å². The summed E-state index contributed by atoms with van der Waals surface area (Å²) in [6.07, 6.45) is 2.99. The van der Waals surface area contributed by atoms with Crippen LogP contribution in [0.2, 0.25) is 0 Å². The largest absolute Gasteiger partial charge is 0.308 e. The van der Waals surface area contributed by atoms with Gasteiger partial charge < -0.3 is 4.90 Å². The van der Waals surface area contributed by atoms with Crippen molar-refractivity contribution in [3.05, 3.63) is 0 Å². The van der Waals surface area contributed by atoms with Crippen LogP contribution in [0.3, 0.4) is 0 Å². The maximum Gasteiger partial charge on any atom is 0.0227 e. The molecule has 0 aliphatic heterocycles. The highest BCUT2D eigenvalue weighted by Crippen LogP contribution is 1.81. The molecular weight excluding hydrogens is 146 g/mol. The maximum atomic E-state index is 3.01. The van der Waals surface area contributed by atoms with E-state index in [2.05, 4.69) is 35.5 Å². The number of unbranched alkanes of at least 4 members (excludes halogenated alkanes) is 1. The lowest BCUT2D eigenvalue weighted by Crippen LogP contribution is -2.11. The van der Waals surface area contributed by atoms with Crippen molar-refractivity contribution in [2.45, 2.75) is 26.2 Å². The molecule has 0 aliphatic carbocycles. The highest BCUT2D eigenvalue weighted by atomic mass is 15.0. The third kappa shape index (κ3) is 9.08. The summed E-state index contributed by atoms with van der Waals surface area (Å²) in [4.78, 5) is 2.12. The zero-order valence-electron chi connectivity index (χ0n) is 8.28. The molecule has 12 heavy (non-hydrogen) atoms. The van der Waals surface area contributed by atoms with E-state index in [1.54, 1.807) is 0 Å². The van der Waals surface area contributed by atoms with E-state index in [-0.39, 0.29) is 0 Å². The van der Waals surface area contributed by atoms with Crippen LogP contribution >= 0.6 is 0 Å². The lowest BCUT2D eigenvalue weighted by Gasteiger charge is -2.03. The Bertz CT molecular complexity index is 207. The smallest absolute Gasteiger partial charge is 0.0227 e. The van der Waals surface area contributed by atoms with Gasteiger partial charge in [-0.15, -0.1) is 0 Å². The SMILES string of the molecule is CCCC#CC#CCCN(C)C. The molecule has 0 saturated carbocycles. The lowest BCUT2D eigenvalue weighted by atomic mass is 10.3. The second-order valence-corrected chi connectivity index (χ2v) is 2.91. The molecule has 1 heteroatoms. The number of rotatable bonds is 3. The van der Waals surface area contributed by atoms with E-state index in [4.69, 9.17) is 0 Å². The van der Waals surface area contributed by atoms with Gasteiger partial charge in [0.25, 0.3) is 0 Å². The fraction of sp³-hybridized carbons (Fsp3) is 0.636. The first-order valence-electron chi connectivity index (χ1n) is 4.37. The molecule has 0 spiro atoms. The van der Waals surface area contributed by atoms with Gasteiger partial charge >= 0.3 is 0 Å². The molecule has 0 atom stereocenters. The van der Waals surface area contributed by atoms with Crippen molar-refractivity contribution in [3.63, 3.8) is 0 Å². The molecule has 0 aromatic heterocycles. The van der Waals surface area contributed by atoms with E-state index in [1.165, 1.54) is 0 Å². The Morgan fingerprint density at radius 1 is 1.00 bits per heavy atom. The van der Waals surface area contributed by atoms with Gasteiger partial charge in [-0.25, -0.2) is 0 Å². The second kappa shape index (κ2) is 8.18. The van der Waals surface area contributed by atoms with Crippen LogP contribution in [0.5, 0.6) is 0 Å². The number of hydrogen-bond donors (Lipinski definition) is 0. The van der Waals surface area contributed by atoms with Gasteiger partial charge in [-0.3, -0.25) is 0 Å². The number of nitrogens with zero attached hydrogens (tertiary/aromatic N) is 1. The molecule has 0 N–H and O–H groups in total. The summed E-state index contributed by atoms with van der Waals surface area (Å²) < 4.78 is 0. The first-order valence-corrected chi connectivity index (χ1v) is 4.37. The van der Waals surface area contributed by atoms with Gasteiger partial charge in [-0.05, 0) is 32.4 Å². The first kappa shape index (κ1) is 11.1. The summed E-state index contributed by atoms with van der Waals surface area (Å²) in [5.41, 5.74) is 0. The normalized spacial score (nSPS) is 8.33. The van der Waals surface area contributed by atoms with E-state index in [0.717, 1.165) is 25.8 Å². The molecule has 0 bridgehead atoms. The fourth-order valence-electron chi connectivity index (χ4n) is 0.618. The van der Waals surface area contributed by atoms with Crippen LogP contribution in [-0.4, -0.2) is 25.5 Å². The van der Waals surface area contributed by atoms with Crippen molar-refractivity contribution in [3.8, 4) is 23.7 Å². The van der Waals surface area contributed by atoms with Crippen LogP contribution in [0, 0.1) is 23.7 Å². The van der Waals surface area contributed by atoms with Gasteiger partial charge in [0.15, 0.2) is 0 Å². The Hall–Kier alpha value is -0.920. The minimum Gasteiger partial charge on any atom is -0.308 e. The average molecular weight is 163 g/mol. The molecule has 0 unspecified atom stereocenters. The van der Waals surface area contributed by atoms with Crippen LogP contribution in [0.4, 0.5) is 0 Å². The molecule has 0 fully saturated rings. The summed E-state index contributed by atoms with van der Waals surface area (Å²) in [5.74, 6) is 11.7. The highest BCUT2D eigenvalue weighted by Gasteiger charge is 1.82. The van der Waals surface area contributed by atoms with Crippen molar-refractivity contribution in [2.24, 2.45) is 0 Å². The van der Waals surface area contributed by atoms with E-state index in [1.807, 2.05) is 14.1 Å². The molecule has 0 aromatic carbocycles. The lowest BCUT2D eigenvalue weighted by molar-refractivity contribution is 0.420. The zero-order valence-corrected chi connectivity index (χ0v) is 8.28. The minimum absolute atomic E-state index is 0.911. The van der Waals surface area contributed by atoms with Crippen molar-refractivity contribution in [1.82, 2.24) is 4.90 Å². The Balaban J connectivity index is 3.42. The topological polar surface area (TPSA) is 3.24 Å². The van der Waals surface area contributed by atoms with Crippen LogP contribution in [0.25, 0.3) is 0 Å². The predicted octanol–water partition coefficient (Wildman–Crippen LogP) is 1.74. The summed E-state index contributed by atoms with van der Waals surface area (Å²) in [5, 5.41) is 0. The molecule has 66 valence electrons. The van der Waals surface area contributed by atoms with E-state index in [9.17, 15) is 0 Å². The third-order valence-corrected chi connectivity index (χ3v) is 1.30. The first-order chi connectivity index (χ1) is 5.77. The summed E-state index contributed by atoms with van der Waals surface area (Å²) >= 11 is 0. The monoisotopic (exact) mass is 163 g/mol. The highest BCUT2D eigenvalue weighted by molar-refractivity contribution is 5.25. The van der Waals surface area contributed by atoms with Crippen LogP contribution in [0.1, 0.15) is 26.2 Å². The Kier molecular flexibility index (Phi) is 7.55. The summed E-state index contributed by atoms with van der Waals surface area (Å²) in [7, 11) is 4.09. The maximum absolute atomic E-state index is 3.01. The van der Waals surface area contributed by atoms with Crippen molar-refractivity contribution in [1.29, 1.82) is 0 Å². The fourth-order valence-corrected chi connectivity index (χ4v) is 0.618. The molecular formula is C11H17N. The van der Waals surface area contributed by atoms with Crippen LogP contribution in [-0.2, 0) is 0 Å². The average Bonchev–Trinajstić information content (AvgIpc) is 2.02. The van der Waals surface area contributed by atoms with Gasteiger partial charge in [0, 0.05) is 19.4 Å². The Labute approximate surface area is 76.1 Å². The van der Waals surface area contributed by atoms with Crippen molar-refractivity contribution < 1.29 is 0 Å². The number of hydrogen-bond acceptors (Lipinski definition) is 1. The predicted molar refractivity (Wildman–Crippen MR) is 53.6 cm³/mol. The summed E-state index contributed by atoms with van der Waals surface area (Å²) in [6.45, 7) is 3.14. The van der Waals surface area contributed by atoms with Gasteiger partial charge in [0.1, 0.15) is 0 Å². The molecule has 0 heterocycles. The third-order valence-electron chi connectivity index (χ3n) is 1.30. The van der Waals surface area contributed by atoms with Crippen molar-refractivity contribution in [2.75, 3.05) is 20.6 Å². The molecule has 0 aromatic rings. The quantitative estimate of drug-likeness (QED) is 0.573. The Morgan fingerprint density at radius 3 is 2.08 bits per heavy atom. The molecule has 1 nitrogen and oxygen atoms in total. The molecule has 0 aliphatic rings. The molecule has 0 saturated heterocycles. The minimum atomic E-state index is 0.911. The van der Waals surface area contributed by atoms with Crippen molar-refractivity contribution >= 4 is 0 Å². The summed E-state index contributed by atoms with van der Waals surface area (Å²) in [6, 6.07) is 0. The molecule has 0 rings (SSSR count). The second-order valence-electron chi connectivity index (χ2n) is 2.91. The Morgan fingerprint density at radius 2 is 1.58 bits per heavy atom. The van der Waals surface area contributed by atoms with E-state index >= 15 is 0 Å². The molecule has 0 amide bonds. The van der Waals surface area contributed by atoms with Gasteiger partial charge in [0.2, 0.25) is 0 Å². The van der Waals surface area contributed by atoms with Gasteiger partial charge in [-0.2, -0.15) is 0 Å². The van der Waals surface area contributed by atoms with Gasteiger partial charge in [0.05, 0.1) is 0 Å².